The van der Waals surface area contributed by atoms with Crippen molar-refractivity contribution in [2.24, 2.45) is 0 Å². The van der Waals surface area contributed by atoms with E-state index in [1.54, 1.807) is 0 Å². The number of hydrogen-bond donors (Lipinski definition) is 1. The van der Waals surface area contributed by atoms with Gasteiger partial charge in [0.1, 0.15) is 6.04 Å². The lowest BCUT2D eigenvalue weighted by molar-refractivity contribution is -0.131. The zero-order valence-corrected chi connectivity index (χ0v) is 12.7. The minimum Gasteiger partial charge on any atom is -0.398 e. The molecular formula is C16H25N3O. The highest BCUT2D eigenvalue weighted by Gasteiger charge is 2.28. The van der Waals surface area contributed by atoms with E-state index < -0.39 is 0 Å². The number of amides is 1. The van der Waals surface area contributed by atoms with Crippen LogP contribution in [0.2, 0.25) is 0 Å². The smallest absolute Gasteiger partial charge is 0.244 e. The van der Waals surface area contributed by atoms with Crippen LogP contribution < -0.4 is 10.6 Å². The minimum absolute atomic E-state index is 0.129. The Balaban J connectivity index is 2.27. The monoisotopic (exact) mass is 275 g/mol. The molecule has 0 bridgehead atoms. The van der Waals surface area contributed by atoms with Crippen molar-refractivity contribution in [2.75, 3.05) is 30.3 Å². The maximum atomic E-state index is 12.6. The summed E-state index contributed by atoms with van der Waals surface area (Å²) < 4.78 is 0. The number of carbonyl (C=O) groups excluding carboxylic acids is 1. The summed E-state index contributed by atoms with van der Waals surface area (Å²) in [5.41, 5.74) is 9.23. The average Bonchev–Trinajstić information content (AvgIpc) is 2.47. The van der Waals surface area contributed by atoms with Crippen molar-refractivity contribution in [1.82, 2.24) is 4.90 Å². The maximum Gasteiger partial charge on any atom is 0.244 e. The van der Waals surface area contributed by atoms with Gasteiger partial charge in [0, 0.05) is 31.0 Å². The first kappa shape index (κ1) is 14.7. The van der Waals surface area contributed by atoms with E-state index in [1.807, 2.05) is 37.8 Å². The molecular weight excluding hydrogens is 250 g/mol. The molecule has 0 aromatic heterocycles. The molecule has 1 amide bonds. The van der Waals surface area contributed by atoms with Gasteiger partial charge in [0.05, 0.1) is 0 Å². The first-order valence-electron chi connectivity index (χ1n) is 7.52. The van der Waals surface area contributed by atoms with Crippen LogP contribution in [-0.2, 0) is 11.2 Å². The molecule has 1 aromatic rings. The Morgan fingerprint density at radius 2 is 2.10 bits per heavy atom. The van der Waals surface area contributed by atoms with E-state index in [1.165, 1.54) is 5.56 Å². The van der Waals surface area contributed by atoms with Gasteiger partial charge in [-0.05, 0) is 51.3 Å². The second-order valence-corrected chi connectivity index (χ2v) is 5.33. The van der Waals surface area contributed by atoms with Gasteiger partial charge >= 0.3 is 0 Å². The highest BCUT2D eigenvalue weighted by atomic mass is 16.2. The zero-order chi connectivity index (χ0) is 14.7. The van der Waals surface area contributed by atoms with Gasteiger partial charge in [-0.1, -0.05) is 6.07 Å². The molecule has 2 rings (SSSR count). The number of nitrogen functional groups attached to an aromatic ring is 1. The first-order chi connectivity index (χ1) is 9.60. The first-order valence-corrected chi connectivity index (χ1v) is 7.52. The SMILES string of the molecule is CCN(CC)C(=O)C(C)N1CCCc2c(N)cccc21. The van der Waals surface area contributed by atoms with Crippen molar-refractivity contribution in [3.8, 4) is 0 Å². The molecule has 4 nitrogen and oxygen atoms in total. The quantitative estimate of drug-likeness (QED) is 0.858. The highest BCUT2D eigenvalue weighted by Crippen LogP contribution is 2.32. The summed E-state index contributed by atoms with van der Waals surface area (Å²) in [6.07, 6.45) is 2.06. The third-order valence-electron chi connectivity index (χ3n) is 4.22. The fraction of sp³-hybridized carbons (Fsp3) is 0.562. The predicted molar refractivity (Wildman–Crippen MR) is 83.9 cm³/mol. The number of nitrogens with zero attached hydrogens (tertiary/aromatic N) is 2. The number of benzene rings is 1. The molecule has 1 heterocycles. The van der Waals surface area contributed by atoms with Gasteiger partial charge in [0.25, 0.3) is 0 Å². The molecule has 0 fully saturated rings. The Labute approximate surface area is 121 Å². The number of fused-ring (bicyclic) bond motifs is 1. The molecule has 0 spiro atoms. The summed E-state index contributed by atoms with van der Waals surface area (Å²) in [5, 5.41) is 0. The molecule has 1 atom stereocenters. The fourth-order valence-electron chi connectivity index (χ4n) is 3.02. The van der Waals surface area contributed by atoms with Crippen LogP contribution in [0.15, 0.2) is 18.2 Å². The zero-order valence-electron chi connectivity index (χ0n) is 12.7. The maximum absolute atomic E-state index is 12.6. The van der Waals surface area contributed by atoms with Crippen molar-refractivity contribution in [3.05, 3.63) is 23.8 Å². The Morgan fingerprint density at radius 1 is 1.40 bits per heavy atom. The topological polar surface area (TPSA) is 49.6 Å². The van der Waals surface area contributed by atoms with Crippen LogP contribution in [0.4, 0.5) is 11.4 Å². The van der Waals surface area contributed by atoms with Gasteiger partial charge < -0.3 is 15.5 Å². The molecule has 0 saturated carbocycles. The molecule has 110 valence electrons. The number of rotatable bonds is 4. The molecule has 1 aliphatic heterocycles. The summed E-state index contributed by atoms with van der Waals surface area (Å²) in [4.78, 5) is 16.7. The van der Waals surface area contributed by atoms with Crippen LogP contribution in [0, 0.1) is 0 Å². The molecule has 1 aromatic carbocycles. The van der Waals surface area contributed by atoms with Gasteiger partial charge in [-0.3, -0.25) is 4.79 Å². The van der Waals surface area contributed by atoms with Crippen molar-refractivity contribution < 1.29 is 4.79 Å². The number of anilines is 2. The molecule has 0 radical (unpaired) electrons. The van der Waals surface area contributed by atoms with Crippen LogP contribution in [0.5, 0.6) is 0 Å². The minimum atomic E-state index is -0.129. The average molecular weight is 275 g/mol. The standard InChI is InChI=1S/C16H25N3O/c1-4-18(5-2)16(20)12(3)19-11-7-8-13-14(17)9-6-10-15(13)19/h6,9-10,12H,4-5,7-8,11,17H2,1-3H3. The van der Waals surface area contributed by atoms with E-state index >= 15 is 0 Å². The van der Waals surface area contributed by atoms with E-state index in [-0.39, 0.29) is 11.9 Å². The molecule has 0 aliphatic carbocycles. The Kier molecular flexibility index (Phi) is 4.53. The van der Waals surface area contributed by atoms with E-state index in [0.717, 1.165) is 43.9 Å². The second kappa shape index (κ2) is 6.16. The molecule has 1 aliphatic rings. The second-order valence-electron chi connectivity index (χ2n) is 5.33. The Bertz CT molecular complexity index is 483. The van der Waals surface area contributed by atoms with Gasteiger partial charge in [0.15, 0.2) is 0 Å². The van der Waals surface area contributed by atoms with Crippen molar-refractivity contribution in [2.45, 2.75) is 39.7 Å². The van der Waals surface area contributed by atoms with Crippen LogP contribution in [0.1, 0.15) is 32.8 Å². The fourth-order valence-corrected chi connectivity index (χ4v) is 3.02. The normalized spacial score (nSPS) is 15.7. The third-order valence-corrected chi connectivity index (χ3v) is 4.22. The van der Waals surface area contributed by atoms with Crippen LogP contribution in [0.3, 0.4) is 0 Å². The van der Waals surface area contributed by atoms with E-state index in [4.69, 9.17) is 5.73 Å². The number of likely N-dealkylation sites (N-methyl/N-ethyl adjacent to an activating group) is 1. The van der Waals surface area contributed by atoms with E-state index in [0.29, 0.717) is 0 Å². The summed E-state index contributed by atoms with van der Waals surface area (Å²) in [7, 11) is 0. The summed E-state index contributed by atoms with van der Waals surface area (Å²) in [6.45, 7) is 8.49. The van der Waals surface area contributed by atoms with Gasteiger partial charge in [-0.2, -0.15) is 0 Å². The predicted octanol–water partition coefficient (Wildman–Crippen LogP) is 2.28. The van der Waals surface area contributed by atoms with Crippen LogP contribution in [0.25, 0.3) is 0 Å². The van der Waals surface area contributed by atoms with Crippen molar-refractivity contribution in [1.29, 1.82) is 0 Å². The Morgan fingerprint density at radius 3 is 2.75 bits per heavy atom. The largest absolute Gasteiger partial charge is 0.398 e. The lowest BCUT2D eigenvalue weighted by atomic mass is 9.98. The number of hydrogen-bond acceptors (Lipinski definition) is 3. The summed E-state index contributed by atoms with van der Waals surface area (Å²) >= 11 is 0. The summed E-state index contributed by atoms with van der Waals surface area (Å²) in [5.74, 6) is 0.199. The lowest BCUT2D eigenvalue weighted by Crippen LogP contribution is -2.49. The highest BCUT2D eigenvalue weighted by molar-refractivity contribution is 5.86. The lowest BCUT2D eigenvalue weighted by Gasteiger charge is -2.37. The Hall–Kier alpha value is -1.71. The van der Waals surface area contributed by atoms with Crippen LogP contribution in [-0.4, -0.2) is 36.5 Å². The molecule has 1 unspecified atom stereocenters. The summed E-state index contributed by atoms with van der Waals surface area (Å²) in [6, 6.07) is 5.87. The van der Waals surface area contributed by atoms with Gasteiger partial charge in [-0.15, -0.1) is 0 Å². The van der Waals surface area contributed by atoms with Gasteiger partial charge in [-0.25, -0.2) is 0 Å². The van der Waals surface area contributed by atoms with Gasteiger partial charge in [0.2, 0.25) is 5.91 Å². The van der Waals surface area contributed by atoms with E-state index in [9.17, 15) is 4.79 Å². The molecule has 0 saturated heterocycles. The van der Waals surface area contributed by atoms with Crippen molar-refractivity contribution in [3.63, 3.8) is 0 Å². The molecule has 4 heteroatoms. The third kappa shape index (κ3) is 2.60. The number of carbonyl (C=O) groups is 1. The molecule has 2 N–H and O–H groups in total. The van der Waals surface area contributed by atoms with E-state index in [2.05, 4.69) is 11.0 Å². The van der Waals surface area contributed by atoms with Crippen LogP contribution >= 0.6 is 0 Å². The number of nitrogens with two attached hydrogens (primary N) is 1. The van der Waals surface area contributed by atoms with Crippen molar-refractivity contribution >= 4 is 17.3 Å². The molecule has 20 heavy (non-hydrogen) atoms.